The number of unbranched alkanes of at least 4 members (excludes halogenated alkanes) is 3. The first-order chi connectivity index (χ1) is 16.6. The summed E-state index contributed by atoms with van der Waals surface area (Å²) in [5, 5.41) is 12.1. The van der Waals surface area contributed by atoms with Crippen LogP contribution in [0.1, 0.15) is 57.2 Å². The normalized spacial score (nSPS) is 11.3. The molecule has 0 bridgehead atoms. The Bertz CT molecular complexity index is 1260. The van der Waals surface area contributed by atoms with Gasteiger partial charge in [0.2, 0.25) is 0 Å². The first-order valence-electron chi connectivity index (χ1n) is 12.0. The van der Waals surface area contributed by atoms with Gasteiger partial charge in [0.15, 0.2) is 0 Å². The zero-order chi connectivity index (χ0) is 23.9. The van der Waals surface area contributed by atoms with E-state index >= 15 is 0 Å². The van der Waals surface area contributed by atoms with E-state index in [0.29, 0.717) is 18.2 Å². The lowest BCUT2D eigenvalue weighted by Gasteiger charge is -2.11. The second kappa shape index (κ2) is 11.3. The third kappa shape index (κ3) is 5.14. The van der Waals surface area contributed by atoms with E-state index in [1.54, 1.807) is 15.6 Å². The zero-order valence-electron chi connectivity index (χ0n) is 19.8. The van der Waals surface area contributed by atoms with Gasteiger partial charge in [-0.3, -0.25) is 9.13 Å². The summed E-state index contributed by atoms with van der Waals surface area (Å²) >= 11 is 6.71. The lowest BCUT2D eigenvalue weighted by atomic mass is 10.0. The summed E-state index contributed by atoms with van der Waals surface area (Å²) in [4.78, 5) is 13.3. The molecule has 0 N–H and O–H groups in total. The zero-order valence-corrected chi connectivity index (χ0v) is 20.6. The van der Waals surface area contributed by atoms with Crippen molar-refractivity contribution in [2.75, 3.05) is 0 Å². The lowest BCUT2D eigenvalue weighted by molar-refractivity contribution is 0.573. The maximum absolute atomic E-state index is 13.3. The highest BCUT2D eigenvalue weighted by Crippen LogP contribution is 2.27. The summed E-state index contributed by atoms with van der Waals surface area (Å²) in [5.41, 5.74) is 4.99. The van der Waals surface area contributed by atoms with Gasteiger partial charge in [-0.2, -0.15) is 4.68 Å². The summed E-state index contributed by atoms with van der Waals surface area (Å²) in [6.07, 6.45) is 7.62. The molecule has 0 aliphatic rings. The van der Waals surface area contributed by atoms with Crippen LogP contribution in [0.25, 0.3) is 16.8 Å². The standard InChI is InChI=1S/C26H31ClN6O/c1-3-5-9-17-31-25(27)24(11-6-4-2)32(26(31)34)18-20-13-15-21(16-14-20)22-10-7-8-12-23(22)33-19-28-29-30-33/h7-8,10,12-16,19H,3-6,9,11,17-18H2,1-2H3. The van der Waals surface area contributed by atoms with Gasteiger partial charge in [-0.1, -0.05) is 87.2 Å². The number of hydrogen-bond donors (Lipinski definition) is 0. The molecule has 0 aliphatic heterocycles. The Morgan fingerprint density at radius 3 is 2.38 bits per heavy atom. The van der Waals surface area contributed by atoms with Gasteiger partial charge in [-0.15, -0.1) is 5.10 Å². The molecule has 0 saturated heterocycles. The maximum Gasteiger partial charge on any atom is 0.329 e. The van der Waals surface area contributed by atoms with Crippen LogP contribution >= 0.6 is 11.6 Å². The first kappa shape index (κ1) is 24.0. The van der Waals surface area contributed by atoms with Gasteiger partial charge in [0.25, 0.3) is 0 Å². The Labute approximate surface area is 205 Å². The van der Waals surface area contributed by atoms with Gasteiger partial charge in [0, 0.05) is 12.1 Å². The van der Waals surface area contributed by atoms with Crippen molar-refractivity contribution in [2.24, 2.45) is 0 Å². The van der Waals surface area contributed by atoms with Crippen LogP contribution in [0.5, 0.6) is 0 Å². The van der Waals surface area contributed by atoms with Crippen LogP contribution in [-0.4, -0.2) is 29.3 Å². The van der Waals surface area contributed by atoms with Crippen LogP contribution in [0.3, 0.4) is 0 Å². The van der Waals surface area contributed by atoms with Crippen molar-refractivity contribution >= 4 is 11.6 Å². The average Bonchev–Trinajstić information content (AvgIpc) is 3.47. The van der Waals surface area contributed by atoms with E-state index in [2.05, 4.69) is 59.7 Å². The molecule has 0 atom stereocenters. The van der Waals surface area contributed by atoms with Crippen molar-refractivity contribution in [2.45, 2.75) is 65.5 Å². The van der Waals surface area contributed by atoms with E-state index in [-0.39, 0.29) is 5.69 Å². The quantitative estimate of drug-likeness (QED) is 0.266. The molecule has 4 aromatic rings. The number of nitrogens with zero attached hydrogens (tertiary/aromatic N) is 6. The Hall–Kier alpha value is -3.19. The van der Waals surface area contributed by atoms with Crippen molar-refractivity contribution < 1.29 is 0 Å². The van der Waals surface area contributed by atoms with Crippen LogP contribution in [0.15, 0.2) is 59.7 Å². The molecule has 0 radical (unpaired) electrons. The smallest absolute Gasteiger partial charge is 0.290 e. The average molecular weight is 479 g/mol. The Balaban J connectivity index is 1.62. The lowest BCUT2D eigenvalue weighted by Crippen LogP contribution is -2.25. The van der Waals surface area contributed by atoms with Gasteiger partial charge >= 0.3 is 5.69 Å². The van der Waals surface area contributed by atoms with Crippen molar-refractivity contribution in [1.29, 1.82) is 0 Å². The molecule has 0 aliphatic carbocycles. The van der Waals surface area contributed by atoms with E-state index in [1.165, 1.54) is 0 Å². The van der Waals surface area contributed by atoms with Gasteiger partial charge in [0.05, 0.1) is 17.9 Å². The molecule has 2 aromatic heterocycles. The fraction of sp³-hybridized carbons (Fsp3) is 0.385. The second-order valence-corrected chi connectivity index (χ2v) is 8.90. The SMILES string of the molecule is CCCCCn1c(Cl)c(CCCC)n(Cc2ccc(-c3ccccc3-n3cnnn3)cc2)c1=O. The topological polar surface area (TPSA) is 70.5 Å². The molecule has 0 saturated carbocycles. The number of aromatic nitrogens is 6. The molecule has 4 rings (SSSR count). The minimum absolute atomic E-state index is 0.0136. The molecule has 8 heteroatoms. The first-order valence-corrected chi connectivity index (χ1v) is 12.4. The molecule has 0 spiro atoms. The van der Waals surface area contributed by atoms with E-state index in [0.717, 1.165) is 66.6 Å². The summed E-state index contributed by atoms with van der Waals surface area (Å²) in [7, 11) is 0. The van der Waals surface area contributed by atoms with Crippen molar-refractivity contribution in [1.82, 2.24) is 29.3 Å². The number of rotatable bonds is 11. The van der Waals surface area contributed by atoms with E-state index in [9.17, 15) is 4.79 Å². The van der Waals surface area contributed by atoms with Gasteiger partial charge in [0.1, 0.15) is 11.5 Å². The Kier molecular flexibility index (Phi) is 7.95. The van der Waals surface area contributed by atoms with E-state index < -0.39 is 0 Å². The summed E-state index contributed by atoms with van der Waals surface area (Å²) in [6.45, 7) is 5.49. The minimum atomic E-state index is -0.0136. The number of halogens is 1. The van der Waals surface area contributed by atoms with Crippen molar-refractivity contribution in [3.8, 4) is 16.8 Å². The molecular formula is C26H31ClN6O. The molecule has 0 unspecified atom stereocenters. The fourth-order valence-electron chi connectivity index (χ4n) is 4.23. The number of tetrazole rings is 1. The van der Waals surface area contributed by atoms with Gasteiger partial charge < -0.3 is 0 Å². The number of benzene rings is 2. The number of imidazole rings is 1. The van der Waals surface area contributed by atoms with Crippen molar-refractivity contribution in [3.05, 3.63) is 81.8 Å². The highest BCUT2D eigenvalue weighted by atomic mass is 35.5. The predicted molar refractivity (Wildman–Crippen MR) is 136 cm³/mol. The Morgan fingerprint density at radius 2 is 1.68 bits per heavy atom. The van der Waals surface area contributed by atoms with Crippen LogP contribution in [0.4, 0.5) is 0 Å². The minimum Gasteiger partial charge on any atom is -0.290 e. The molecule has 2 heterocycles. The number of para-hydroxylation sites is 1. The third-order valence-electron chi connectivity index (χ3n) is 6.12. The molecular weight excluding hydrogens is 448 g/mol. The maximum atomic E-state index is 13.3. The van der Waals surface area contributed by atoms with Crippen LogP contribution in [-0.2, 0) is 19.5 Å². The summed E-state index contributed by atoms with van der Waals surface area (Å²) in [5.74, 6) is 0. The van der Waals surface area contributed by atoms with Crippen LogP contribution in [0.2, 0.25) is 5.15 Å². The van der Waals surface area contributed by atoms with Crippen molar-refractivity contribution in [3.63, 3.8) is 0 Å². The van der Waals surface area contributed by atoms with E-state index in [4.69, 9.17) is 11.6 Å². The van der Waals surface area contributed by atoms with Gasteiger partial charge in [-0.05, 0) is 46.9 Å². The monoisotopic (exact) mass is 478 g/mol. The summed E-state index contributed by atoms with van der Waals surface area (Å²) in [6, 6.07) is 16.3. The molecule has 0 amide bonds. The largest absolute Gasteiger partial charge is 0.329 e. The van der Waals surface area contributed by atoms with Crippen LogP contribution in [0, 0.1) is 0 Å². The fourth-order valence-corrected chi connectivity index (χ4v) is 4.59. The molecule has 0 fully saturated rings. The van der Waals surface area contributed by atoms with E-state index in [1.807, 2.05) is 22.8 Å². The molecule has 178 valence electrons. The predicted octanol–water partition coefficient (Wildman–Crippen LogP) is 5.53. The summed E-state index contributed by atoms with van der Waals surface area (Å²) < 4.78 is 5.26. The molecule has 7 nitrogen and oxygen atoms in total. The highest BCUT2D eigenvalue weighted by Gasteiger charge is 2.18. The second-order valence-electron chi connectivity index (χ2n) is 8.54. The van der Waals surface area contributed by atoms with Crippen LogP contribution < -0.4 is 5.69 Å². The molecule has 34 heavy (non-hydrogen) atoms. The third-order valence-corrected chi connectivity index (χ3v) is 6.54. The molecule has 2 aromatic carbocycles. The highest BCUT2D eigenvalue weighted by molar-refractivity contribution is 6.30. The Morgan fingerprint density at radius 1 is 0.912 bits per heavy atom. The van der Waals surface area contributed by atoms with Gasteiger partial charge in [-0.25, -0.2) is 4.79 Å². The number of hydrogen-bond acceptors (Lipinski definition) is 4.